The lowest BCUT2D eigenvalue weighted by Crippen LogP contribution is -2.43. The van der Waals surface area contributed by atoms with E-state index in [2.05, 4.69) is 5.32 Å². The zero-order valence-electron chi connectivity index (χ0n) is 15.7. The van der Waals surface area contributed by atoms with Gasteiger partial charge in [-0.3, -0.25) is 0 Å². The first-order valence-corrected chi connectivity index (χ1v) is 8.65. The first-order chi connectivity index (χ1) is 12.2. The molecule has 2 aromatic rings. The maximum atomic E-state index is 13.7. The summed E-state index contributed by atoms with van der Waals surface area (Å²) < 4.78 is 24.7. The van der Waals surface area contributed by atoms with Crippen LogP contribution in [0.5, 0.6) is 5.75 Å². The molecule has 0 bridgehead atoms. The van der Waals surface area contributed by atoms with Gasteiger partial charge in [-0.25, -0.2) is 9.18 Å². The summed E-state index contributed by atoms with van der Waals surface area (Å²) in [6.45, 7) is 7.33. The number of amides is 1. The third-order valence-electron chi connectivity index (χ3n) is 3.64. The minimum Gasteiger partial charge on any atom is -0.491 e. The molecule has 0 aromatic heterocycles. The lowest BCUT2D eigenvalue weighted by atomic mass is 10.1. The highest BCUT2D eigenvalue weighted by Gasteiger charge is 2.20. The van der Waals surface area contributed by atoms with Gasteiger partial charge in [0.15, 0.2) is 0 Å². The van der Waals surface area contributed by atoms with Crippen molar-refractivity contribution < 1.29 is 18.7 Å². The molecule has 0 radical (unpaired) electrons. The van der Waals surface area contributed by atoms with Crippen molar-refractivity contribution >= 4 is 6.09 Å². The number of nitrogens with one attached hydrogen (secondary N) is 1. The van der Waals surface area contributed by atoms with E-state index in [1.165, 1.54) is 6.07 Å². The molecule has 1 amide bonds. The summed E-state index contributed by atoms with van der Waals surface area (Å²) in [4.78, 5) is 12.1. The average molecular weight is 359 g/mol. The van der Waals surface area contributed by atoms with Crippen LogP contribution in [0.4, 0.5) is 9.18 Å². The van der Waals surface area contributed by atoms with Crippen molar-refractivity contribution in [1.82, 2.24) is 5.32 Å². The Balaban J connectivity index is 2.04. The summed E-state index contributed by atoms with van der Waals surface area (Å²) in [5.74, 6) is 0.111. The Morgan fingerprint density at radius 1 is 1.15 bits per heavy atom. The molecule has 1 N–H and O–H groups in total. The highest BCUT2D eigenvalue weighted by molar-refractivity contribution is 5.68. The monoisotopic (exact) mass is 359 g/mol. The van der Waals surface area contributed by atoms with Crippen molar-refractivity contribution in [2.45, 2.75) is 45.8 Å². The molecule has 0 fully saturated rings. The molecule has 0 saturated carbocycles. The predicted octanol–water partition coefficient (Wildman–Crippen LogP) is 4.65. The summed E-state index contributed by atoms with van der Waals surface area (Å²) in [6, 6.07) is 14.2. The molecule has 0 unspecified atom stereocenters. The number of rotatable bonds is 6. The van der Waals surface area contributed by atoms with Crippen LogP contribution in [-0.4, -0.2) is 24.3 Å². The summed E-state index contributed by atoms with van der Waals surface area (Å²) in [7, 11) is 0. The third kappa shape index (κ3) is 6.75. The maximum Gasteiger partial charge on any atom is 0.408 e. The fraction of sp³-hybridized carbons (Fsp3) is 0.381. The van der Waals surface area contributed by atoms with Gasteiger partial charge in [-0.15, -0.1) is 0 Å². The molecular formula is C21H26FNO3. The molecule has 1 atom stereocenters. The van der Waals surface area contributed by atoms with E-state index in [1.54, 1.807) is 19.1 Å². The Kier molecular flexibility index (Phi) is 6.61. The molecule has 2 rings (SSSR count). The van der Waals surface area contributed by atoms with E-state index < -0.39 is 11.7 Å². The van der Waals surface area contributed by atoms with Crippen molar-refractivity contribution in [2.75, 3.05) is 6.61 Å². The van der Waals surface area contributed by atoms with Gasteiger partial charge in [0.05, 0.1) is 6.04 Å². The Labute approximate surface area is 154 Å². The van der Waals surface area contributed by atoms with Crippen LogP contribution >= 0.6 is 0 Å². The van der Waals surface area contributed by atoms with Crippen LogP contribution in [-0.2, 0) is 11.2 Å². The van der Waals surface area contributed by atoms with Crippen molar-refractivity contribution in [3.05, 3.63) is 65.5 Å². The fourth-order valence-corrected chi connectivity index (χ4v) is 2.38. The third-order valence-corrected chi connectivity index (χ3v) is 3.64. The number of halogens is 1. The van der Waals surface area contributed by atoms with E-state index in [4.69, 9.17) is 9.47 Å². The summed E-state index contributed by atoms with van der Waals surface area (Å²) >= 11 is 0. The molecule has 26 heavy (non-hydrogen) atoms. The topological polar surface area (TPSA) is 47.6 Å². The molecule has 0 aliphatic heterocycles. The van der Waals surface area contributed by atoms with Crippen LogP contribution in [0, 0.1) is 12.7 Å². The van der Waals surface area contributed by atoms with E-state index in [0.29, 0.717) is 17.7 Å². The molecule has 4 nitrogen and oxygen atoms in total. The minimum absolute atomic E-state index is 0.205. The van der Waals surface area contributed by atoms with Crippen LogP contribution in [0.2, 0.25) is 0 Å². The molecule has 0 spiro atoms. The number of benzene rings is 2. The van der Waals surface area contributed by atoms with Crippen LogP contribution in [0.1, 0.15) is 31.9 Å². The summed E-state index contributed by atoms with van der Waals surface area (Å²) in [5.41, 5.74) is 1.04. The van der Waals surface area contributed by atoms with Gasteiger partial charge in [0.25, 0.3) is 0 Å². The normalized spacial score (nSPS) is 12.3. The number of ether oxygens (including phenoxy) is 2. The number of alkyl carbamates (subject to hydrolysis) is 1. The van der Waals surface area contributed by atoms with Crippen LogP contribution in [0.25, 0.3) is 0 Å². The second kappa shape index (κ2) is 8.70. The maximum absolute atomic E-state index is 13.7. The SMILES string of the molecule is Cc1ccc(OC[C@@H](Cc2ccccc2)NC(=O)OC(C)(C)C)cc1F. The second-order valence-electron chi connectivity index (χ2n) is 7.25. The van der Waals surface area contributed by atoms with E-state index in [9.17, 15) is 9.18 Å². The van der Waals surface area contributed by atoms with Crippen LogP contribution in [0.15, 0.2) is 48.5 Å². The number of carbonyl (C=O) groups is 1. The zero-order valence-corrected chi connectivity index (χ0v) is 15.7. The molecule has 0 saturated heterocycles. The van der Waals surface area contributed by atoms with Gasteiger partial charge >= 0.3 is 6.09 Å². The molecular weight excluding hydrogens is 333 g/mol. The Morgan fingerprint density at radius 2 is 1.85 bits per heavy atom. The van der Waals surface area contributed by atoms with E-state index in [0.717, 1.165) is 5.56 Å². The molecule has 2 aromatic carbocycles. The fourth-order valence-electron chi connectivity index (χ4n) is 2.38. The van der Waals surface area contributed by atoms with Crippen molar-refractivity contribution in [1.29, 1.82) is 0 Å². The Bertz CT molecular complexity index is 726. The van der Waals surface area contributed by atoms with Gasteiger partial charge in [-0.1, -0.05) is 36.4 Å². The number of hydrogen-bond acceptors (Lipinski definition) is 3. The van der Waals surface area contributed by atoms with Gasteiger partial charge < -0.3 is 14.8 Å². The van der Waals surface area contributed by atoms with Crippen LogP contribution < -0.4 is 10.1 Å². The Hall–Kier alpha value is -2.56. The van der Waals surface area contributed by atoms with Crippen molar-refractivity contribution in [2.24, 2.45) is 0 Å². The molecule has 5 heteroatoms. The lowest BCUT2D eigenvalue weighted by molar-refractivity contribution is 0.0487. The van der Waals surface area contributed by atoms with Crippen LogP contribution in [0.3, 0.4) is 0 Å². The Morgan fingerprint density at radius 3 is 2.46 bits per heavy atom. The van der Waals surface area contributed by atoms with Gasteiger partial charge in [0, 0.05) is 6.07 Å². The van der Waals surface area contributed by atoms with Crippen molar-refractivity contribution in [3.8, 4) is 5.75 Å². The molecule has 0 aliphatic carbocycles. The summed E-state index contributed by atoms with van der Waals surface area (Å²) in [6.07, 6.45) is 0.0751. The first kappa shape index (κ1) is 19.8. The van der Waals surface area contributed by atoms with Gasteiger partial charge in [-0.05, 0) is 51.3 Å². The minimum atomic E-state index is -0.581. The smallest absolute Gasteiger partial charge is 0.408 e. The van der Waals surface area contributed by atoms with Gasteiger partial charge in [0.1, 0.15) is 23.8 Å². The highest BCUT2D eigenvalue weighted by atomic mass is 19.1. The second-order valence-corrected chi connectivity index (χ2v) is 7.25. The quantitative estimate of drug-likeness (QED) is 0.817. The van der Waals surface area contributed by atoms with E-state index >= 15 is 0 Å². The van der Waals surface area contributed by atoms with E-state index in [1.807, 2.05) is 51.1 Å². The van der Waals surface area contributed by atoms with E-state index in [-0.39, 0.29) is 18.5 Å². The standard InChI is InChI=1S/C21H26FNO3/c1-15-10-11-18(13-19(15)22)25-14-17(12-16-8-6-5-7-9-16)23-20(24)26-21(2,3)4/h5-11,13,17H,12,14H2,1-4H3,(H,23,24)/t17-/m1/s1. The first-order valence-electron chi connectivity index (χ1n) is 8.65. The van der Waals surface area contributed by atoms with Crippen molar-refractivity contribution in [3.63, 3.8) is 0 Å². The molecule has 0 heterocycles. The number of hydrogen-bond donors (Lipinski definition) is 1. The molecule has 140 valence electrons. The van der Waals surface area contributed by atoms with Gasteiger partial charge in [-0.2, -0.15) is 0 Å². The highest BCUT2D eigenvalue weighted by Crippen LogP contribution is 2.17. The largest absolute Gasteiger partial charge is 0.491 e. The van der Waals surface area contributed by atoms with Gasteiger partial charge in [0.2, 0.25) is 0 Å². The lowest BCUT2D eigenvalue weighted by Gasteiger charge is -2.24. The number of carbonyl (C=O) groups excluding carboxylic acids is 1. The summed E-state index contributed by atoms with van der Waals surface area (Å²) in [5, 5.41) is 2.84. The number of aryl methyl sites for hydroxylation is 1. The predicted molar refractivity (Wildman–Crippen MR) is 99.9 cm³/mol. The molecule has 0 aliphatic rings. The zero-order chi connectivity index (χ0) is 19.2. The average Bonchev–Trinajstić information content (AvgIpc) is 2.55.